The molecule has 0 atom stereocenters. The molecule has 0 N–H and O–H groups in total. The summed E-state index contributed by atoms with van der Waals surface area (Å²) >= 11 is 8.89. The molecule has 10 rings (SSSR count). The van der Waals surface area contributed by atoms with Crippen LogP contribution in [-0.2, 0) is 39.0 Å². The third-order valence-corrected chi connectivity index (χ3v) is 43.0. The molecule has 4 aromatic carbocycles. The standard InChI is InChI=1S/C29H37.2C6H3Cl.C5H5.2ClH.Zr/c1-26(2)9-11-28(5,6)24-16-20-18(14-22(24)26)13-19-15-23-25(17-21(19)20)29(7,8)12-10-27(23,3)4;2*7-6-4-2-1-3-5-6;1-2-4-5-3-1;;;/h13-17H,9-12H2,1-8H3;2*2,4-5H;1-3H,4H2;2*1H;. The van der Waals surface area contributed by atoms with Gasteiger partial charge in [-0.3, -0.25) is 0 Å². The summed E-state index contributed by atoms with van der Waals surface area (Å²) < 4.78 is 8.18. The minimum Gasteiger partial charge on any atom is -0.147 e. The Morgan fingerprint density at radius 1 is 0.529 bits per heavy atom. The summed E-state index contributed by atoms with van der Waals surface area (Å²) in [6.07, 6.45) is 13.1. The summed E-state index contributed by atoms with van der Waals surface area (Å²) in [6, 6.07) is 24.8. The van der Waals surface area contributed by atoms with Gasteiger partial charge in [-0.2, -0.15) is 0 Å². The molecule has 0 amide bonds. The van der Waals surface area contributed by atoms with E-state index in [1.165, 1.54) is 36.8 Å². The number of rotatable bonds is 2. The zero-order valence-electron chi connectivity index (χ0n) is 31.2. The fraction of sp³-hybridized carbons (Fsp3) is 0.391. The first kappa shape index (κ1) is 36.4. The molecular formula is C46H50Cl4Zr. The Morgan fingerprint density at radius 2 is 0.922 bits per heavy atom. The molecule has 0 radical (unpaired) electrons. The molecule has 2 heterocycles. The quantitative estimate of drug-likeness (QED) is 0.189. The van der Waals surface area contributed by atoms with E-state index in [-0.39, 0.29) is 50.1 Å². The number of benzene rings is 4. The molecule has 4 aliphatic carbocycles. The van der Waals surface area contributed by atoms with Gasteiger partial charge >= 0.3 is 303 Å². The Bertz CT molecular complexity index is 2210. The van der Waals surface area contributed by atoms with Crippen LogP contribution in [0.2, 0.25) is 10.0 Å². The van der Waals surface area contributed by atoms with Crippen LogP contribution in [0, 0.1) is 0 Å². The Kier molecular flexibility index (Phi) is 7.26. The summed E-state index contributed by atoms with van der Waals surface area (Å²) in [5, 5.41) is 1.69. The molecule has 0 saturated carbocycles. The summed E-state index contributed by atoms with van der Waals surface area (Å²) in [5.41, 5.74) is 12.8. The summed E-state index contributed by atoms with van der Waals surface area (Å²) in [7, 11) is 0. The van der Waals surface area contributed by atoms with Crippen molar-refractivity contribution in [2.45, 2.75) is 113 Å². The molecule has 266 valence electrons. The van der Waals surface area contributed by atoms with E-state index in [4.69, 9.17) is 23.2 Å². The average Bonchev–Trinajstić information content (AvgIpc) is 3.47. The van der Waals surface area contributed by atoms with Gasteiger partial charge in [-0.15, -0.1) is 24.8 Å². The van der Waals surface area contributed by atoms with Gasteiger partial charge in [-0.1, -0.05) is 0 Å². The number of hydrogen-bond acceptors (Lipinski definition) is 0. The van der Waals surface area contributed by atoms with E-state index in [0.717, 1.165) is 16.5 Å². The number of halogens is 4. The van der Waals surface area contributed by atoms with Crippen LogP contribution in [0.5, 0.6) is 0 Å². The van der Waals surface area contributed by atoms with Crippen molar-refractivity contribution in [3.05, 3.63) is 126 Å². The monoisotopic (exact) mass is 832 g/mol. The Labute approximate surface area is 325 Å². The van der Waals surface area contributed by atoms with Crippen LogP contribution in [0.3, 0.4) is 0 Å². The second-order valence-corrected chi connectivity index (χ2v) is 38.5. The van der Waals surface area contributed by atoms with E-state index in [9.17, 15) is 0 Å². The van der Waals surface area contributed by atoms with Gasteiger partial charge in [-0.05, 0) is 0 Å². The molecule has 6 aliphatic rings. The van der Waals surface area contributed by atoms with Crippen molar-refractivity contribution in [1.82, 2.24) is 0 Å². The molecule has 1 spiro atoms. The van der Waals surface area contributed by atoms with Crippen LogP contribution < -0.4 is 13.1 Å². The van der Waals surface area contributed by atoms with Crippen molar-refractivity contribution in [3.63, 3.8) is 0 Å². The first-order chi connectivity index (χ1) is 23.0. The third kappa shape index (κ3) is 3.63. The van der Waals surface area contributed by atoms with Gasteiger partial charge in [-0.25, -0.2) is 0 Å². The average molecular weight is 836 g/mol. The zero-order valence-corrected chi connectivity index (χ0v) is 36.8. The van der Waals surface area contributed by atoms with Gasteiger partial charge in [0.1, 0.15) is 0 Å². The molecule has 0 unspecified atom stereocenters. The Balaban J connectivity index is 0.00000187. The fourth-order valence-corrected chi connectivity index (χ4v) is 50.7. The molecule has 51 heavy (non-hydrogen) atoms. The van der Waals surface area contributed by atoms with Crippen LogP contribution in [0.1, 0.15) is 125 Å². The number of hydrogen-bond donors (Lipinski definition) is 0. The van der Waals surface area contributed by atoms with E-state index in [2.05, 4.69) is 134 Å². The van der Waals surface area contributed by atoms with E-state index in [0.29, 0.717) is 0 Å². The largest absolute Gasteiger partial charge is 0.147 e. The fourth-order valence-electron chi connectivity index (χ4n) is 13.1. The molecule has 0 saturated heterocycles. The second-order valence-electron chi connectivity index (χ2n) is 19.6. The van der Waals surface area contributed by atoms with E-state index in [1.807, 2.05) is 0 Å². The van der Waals surface area contributed by atoms with Gasteiger partial charge in [0, 0.05) is 0 Å². The first-order valence-corrected chi connectivity index (χ1v) is 27.0. The second kappa shape index (κ2) is 10.2. The number of fused-ring (bicyclic) bond motifs is 11. The molecule has 4 aromatic rings. The smallest absolute Gasteiger partial charge is 0.147 e. The summed E-state index contributed by atoms with van der Waals surface area (Å²) in [5.74, 6) is 0. The summed E-state index contributed by atoms with van der Waals surface area (Å²) in [6.45, 7) is 19.9. The molecule has 0 aromatic heterocycles. The van der Waals surface area contributed by atoms with Crippen LogP contribution in [-0.4, -0.2) is 0 Å². The minimum absolute atomic E-state index is 0. The van der Waals surface area contributed by atoms with Crippen molar-refractivity contribution >= 4 is 61.1 Å². The third-order valence-electron chi connectivity index (χ3n) is 15.9. The number of allylic oxidation sites excluding steroid dienone is 4. The van der Waals surface area contributed by atoms with Gasteiger partial charge in [0.15, 0.2) is 0 Å². The minimum atomic E-state index is -5.20. The van der Waals surface area contributed by atoms with Crippen molar-refractivity contribution in [2.24, 2.45) is 0 Å². The van der Waals surface area contributed by atoms with Gasteiger partial charge in [0.05, 0.1) is 0 Å². The first-order valence-electron chi connectivity index (χ1n) is 18.7. The van der Waals surface area contributed by atoms with Crippen molar-refractivity contribution in [2.75, 3.05) is 0 Å². The maximum absolute atomic E-state index is 7.04. The molecule has 2 aliphatic heterocycles. The SMILES string of the molecule is CC1(C)CCC(C)(C)c2cc3c(cc21)-c1cc2c(cc1[CH]3[Zr]13([C]4=CC=CC4)([c]4ccc(Cl)c[c]41)[c]1ccc(Cl)c[c]13)C(C)(C)CCC2(C)C.Cl.Cl. The van der Waals surface area contributed by atoms with E-state index >= 15 is 0 Å². The maximum atomic E-state index is 7.04. The molecule has 0 nitrogen and oxygen atoms in total. The van der Waals surface area contributed by atoms with Crippen molar-refractivity contribution in [1.29, 1.82) is 0 Å². The summed E-state index contributed by atoms with van der Waals surface area (Å²) in [4.78, 5) is 0. The predicted octanol–water partition coefficient (Wildman–Crippen LogP) is 11.6. The van der Waals surface area contributed by atoms with Gasteiger partial charge in [0.25, 0.3) is 0 Å². The predicted molar refractivity (Wildman–Crippen MR) is 222 cm³/mol. The molecule has 0 fully saturated rings. The molecular weight excluding hydrogens is 786 g/mol. The van der Waals surface area contributed by atoms with Crippen LogP contribution in [0.15, 0.2) is 82.2 Å². The normalized spacial score (nSPS) is 25.3. The zero-order chi connectivity index (χ0) is 34.4. The maximum Gasteiger partial charge on any atom is -0.147 e. The molecule has 0 bridgehead atoms. The Hall–Kier alpha value is -1.60. The van der Waals surface area contributed by atoms with E-state index < -0.39 is 17.3 Å². The van der Waals surface area contributed by atoms with Crippen molar-refractivity contribution in [3.8, 4) is 11.1 Å². The topological polar surface area (TPSA) is 0 Å². The molecule has 5 heteroatoms. The van der Waals surface area contributed by atoms with Crippen LogP contribution in [0.4, 0.5) is 0 Å². The Morgan fingerprint density at radius 3 is 1.27 bits per heavy atom. The van der Waals surface area contributed by atoms with Gasteiger partial charge in [0.2, 0.25) is 0 Å². The van der Waals surface area contributed by atoms with E-state index in [1.54, 1.807) is 49.7 Å². The van der Waals surface area contributed by atoms with Crippen molar-refractivity contribution < 1.29 is 17.3 Å². The van der Waals surface area contributed by atoms with Crippen LogP contribution in [0.25, 0.3) is 11.1 Å². The van der Waals surface area contributed by atoms with Crippen LogP contribution >= 0.6 is 48.0 Å². The van der Waals surface area contributed by atoms with Gasteiger partial charge < -0.3 is 0 Å².